The smallest absolute Gasteiger partial charge is 0.0578 e. The Balaban J connectivity index is 1.56. The molecular formula is C29H46O. The van der Waals surface area contributed by atoms with E-state index in [4.69, 9.17) is 0 Å². The van der Waals surface area contributed by atoms with Gasteiger partial charge in [-0.3, -0.25) is 0 Å². The van der Waals surface area contributed by atoms with Crippen LogP contribution >= 0.6 is 0 Å². The van der Waals surface area contributed by atoms with Crippen LogP contribution in [0.25, 0.3) is 0 Å². The summed E-state index contributed by atoms with van der Waals surface area (Å²) in [5.41, 5.74) is 4.07. The van der Waals surface area contributed by atoms with Crippen molar-refractivity contribution >= 4 is 0 Å². The summed E-state index contributed by atoms with van der Waals surface area (Å²) in [5, 5.41) is 10.2. The monoisotopic (exact) mass is 410 g/mol. The number of aliphatic hydroxyl groups excluding tert-OH is 1. The SMILES string of the molecule is CC[C@@H](/C=C/[C@@H](C)[C@H]1CC[C@H]2C3=CC=C4C[C@@H](O)CC[C@]4(C)C3CC[C@]12C)C(C)C. The van der Waals surface area contributed by atoms with Gasteiger partial charge in [-0.1, -0.05) is 77.0 Å². The first kappa shape index (κ1) is 22.4. The standard InChI is InChI=1S/C29H46O/c1-7-21(19(2)3)9-8-20(4)25-12-13-26-24-11-10-22-18-23(30)14-16-28(22,5)27(24)15-17-29(25,26)6/h8-11,19-21,23,25-27,30H,7,12-18H2,1-6H3/b9-8+/t20-,21+,23+,25-,26+,27?,28+,29-/m1/s1. The number of aliphatic hydroxyl groups is 1. The maximum atomic E-state index is 10.2. The zero-order valence-electron chi connectivity index (χ0n) is 20.5. The minimum atomic E-state index is -0.116. The molecule has 1 nitrogen and oxygen atoms in total. The minimum absolute atomic E-state index is 0.116. The van der Waals surface area contributed by atoms with Gasteiger partial charge in [0.1, 0.15) is 0 Å². The molecule has 0 heterocycles. The summed E-state index contributed by atoms with van der Waals surface area (Å²) in [7, 11) is 0. The van der Waals surface area contributed by atoms with E-state index < -0.39 is 0 Å². The number of hydrogen-bond acceptors (Lipinski definition) is 1. The van der Waals surface area contributed by atoms with E-state index >= 15 is 0 Å². The lowest BCUT2D eigenvalue weighted by Gasteiger charge is -2.55. The topological polar surface area (TPSA) is 20.2 Å². The Morgan fingerprint density at radius 2 is 1.77 bits per heavy atom. The molecule has 0 radical (unpaired) electrons. The fraction of sp³-hybridized carbons (Fsp3) is 0.793. The van der Waals surface area contributed by atoms with E-state index in [0.29, 0.717) is 16.7 Å². The molecule has 30 heavy (non-hydrogen) atoms. The van der Waals surface area contributed by atoms with E-state index in [1.807, 2.05) is 0 Å². The van der Waals surface area contributed by atoms with Crippen molar-refractivity contribution in [3.8, 4) is 0 Å². The highest BCUT2D eigenvalue weighted by Crippen LogP contribution is 2.66. The molecule has 3 fully saturated rings. The van der Waals surface area contributed by atoms with Crippen molar-refractivity contribution in [1.29, 1.82) is 0 Å². The minimum Gasteiger partial charge on any atom is -0.393 e. The van der Waals surface area contributed by atoms with E-state index in [0.717, 1.165) is 42.4 Å². The molecule has 3 saturated carbocycles. The van der Waals surface area contributed by atoms with Crippen LogP contribution in [0.15, 0.2) is 35.5 Å². The lowest BCUT2D eigenvalue weighted by molar-refractivity contribution is 0.0382. The molecule has 4 rings (SSSR count). The summed E-state index contributed by atoms with van der Waals surface area (Å²) in [4.78, 5) is 0. The van der Waals surface area contributed by atoms with Crippen LogP contribution in [0.4, 0.5) is 0 Å². The Kier molecular flexibility index (Phi) is 6.17. The van der Waals surface area contributed by atoms with E-state index in [1.165, 1.54) is 44.1 Å². The predicted octanol–water partition coefficient (Wildman–Crippen LogP) is 7.72. The number of rotatable bonds is 5. The normalized spacial score (nSPS) is 42.9. The van der Waals surface area contributed by atoms with Gasteiger partial charge in [-0.05, 0) is 97.7 Å². The summed E-state index contributed by atoms with van der Waals surface area (Å²) in [6.07, 6.45) is 19.7. The summed E-state index contributed by atoms with van der Waals surface area (Å²) in [5.74, 6) is 4.45. The molecule has 0 aromatic rings. The van der Waals surface area contributed by atoms with Crippen LogP contribution < -0.4 is 0 Å². The first-order chi connectivity index (χ1) is 14.2. The highest BCUT2D eigenvalue weighted by molar-refractivity contribution is 5.39. The number of hydrogen-bond donors (Lipinski definition) is 1. The van der Waals surface area contributed by atoms with Gasteiger partial charge in [0.2, 0.25) is 0 Å². The van der Waals surface area contributed by atoms with Gasteiger partial charge >= 0.3 is 0 Å². The Hall–Kier alpha value is -0.820. The van der Waals surface area contributed by atoms with Crippen molar-refractivity contribution in [3.05, 3.63) is 35.5 Å². The second kappa shape index (κ2) is 8.27. The molecule has 0 aromatic heterocycles. The van der Waals surface area contributed by atoms with E-state index in [-0.39, 0.29) is 6.10 Å². The zero-order chi connectivity index (χ0) is 21.7. The second-order valence-corrected chi connectivity index (χ2v) is 12.1. The van der Waals surface area contributed by atoms with Crippen molar-refractivity contribution in [2.24, 2.45) is 46.3 Å². The van der Waals surface area contributed by atoms with Crippen molar-refractivity contribution in [2.45, 2.75) is 99.0 Å². The fourth-order valence-corrected chi connectivity index (χ4v) is 8.17. The highest BCUT2D eigenvalue weighted by atomic mass is 16.3. The van der Waals surface area contributed by atoms with Crippen LogP contribution in [0.2, 0.25) is 0 Å². The molecule has 1 N–H and O–H groups in total. The van der Waals surface area contributed by atoms with Gasteiger partial charge in [0.25, 0.3) is 0 Å². The van der Waals surface area contributed by atoms with Gasteiger partial charge in [0.15, 0.2) is 0 Å². The Morgan fingerprint density at radius 3 is 2.47 bits per heavy atom. The lowest BCUT2D eigenvalue weighted by Crippen LogP contribution is -2.46. The van der Waals surface area contributed by atoms with E-state index in [9.17, 15) is 5.11 Å². The molecule has 4 aliphatic rings. The first-order valence-corrected chi connectivity index (χ1v) is 13.0. The van der Waals surface area contributed by atoms with Crippen LogP contribution in [-0.2, 0) is 0 Å². The van der Waals surface area contributed by atoms with Gasteiger partial charge < -0.3 is 5.11 Å². The molecule has 8 atom stereocenters. The third-order valence-corrected chi connectivity index (χ3v) is 10.2. The summed E-state index contributed by atoms with van der Waals surface area (Å²) in [6, 6.07) is 0. The second-order valence-electron chi connectivity index (χ2n) is 12.1. The van der Waals surface area contributed by atoms with E-state index in [1.54, 1.807) is 5.57 Å². The summed E-state index contributed by atoms with van der Waals surface area (Å²) in [6.45, 7) is 14.7. The van der Waals surface area contributed by atoms with E-state index in [2.05, 4.69) is 65.8 Å². The molecule has 4 aliphatic carbocycles. The zero-order valence-corrected chi connectivity index (χ0v) is 20.5. The van der Waals surface area contributed by atoms with Gasteiger partial charge in [0.05, 0.1) is 6.10 Å². The third kappa shape index (κ3) is 3.58. The van der Waals surface area contributed by atoms with Gasteiger partial charge in [-0.2, -0.15) is 0 Å². The number of fused-ring (bicyclic) bond motifs is 5. The molecule has 0 spiro atoms. The van der Waals surface area contributed by atoms with Crippen LogP contribution in [0.3, 0.4) is 0 Å². The Morgan fingerprint density at radius 1 is 1.00 bits per heavy atom. The van der Waals surface area contributed by atoms with Gasteiger partial charge in [-0.15, -0.1) is 0 Å². The van der Waals surface area contributed by atoms with Crippen molar-refractivity contribution < 1.29 is 5.11 Å². The molecule has 0 bridgehead atoms. The molecule has 0 amide bonds. The molecule has 0 aliphatic heterocycles. The van der Waals surface area contributed by atoms with Crippen molar-refractivity contribution in [3.63, 3.8) is 0 Å². The third-order valence-electron chi connectivity index (χ3n) is 10.2. The van der Waals surface area contributed by atoms with Gasteiger partial charge in [0, 0.05) is 0 Å². The Bertz CT molecular complexity index is 727. The molecule has 168 valence electrons. The number of allylic oxidation sites excluding steroid dienone is 5. The lowest BCUT2D eigenvalue weighted by atomic mass is 9.50. The van der Waals surface area contributed by atoms with Crippen LogP contribution in [0.5, 0.6) is 0 Å². The van der Waals surface area contributed by atoms with Crippen LogP contribution in [0.1, 0.15) is 92.9 Å². The molecule has 0 saturated heterocycles. The first-order valence-electron chi connectivity index (χ1n) is 13.0. The average molecular weight is 411 g/mol. The van der Waals surface area contributed by atoms with Gasteiger partial charge in [-0.25, -0.2) is 0 Å². The maximum absolute atomic E-state index is 10.2. The average Bonchev–Trinajstić information content (AvgIpc) is 3.06. The summed E-state index contributed by atoms with van der Waals surface area (Å²) < 4.78 is 0. The molecule has 1 unspecified atom stereocenters. The van der Waals surface area contributed by atoms with Crippen LogP contribution in [0, 0.1) is 46.3 Å². The maximum Gasteiger partial charge on any atom is 0.0578 e. The van der Waals surface area contributed by atoms with Crippen molar-refractivity contribution in [1.82, 2.24) is 0 Å². The molecule has 0 aromatic carbocycles. The fourth-order valence-electron chi connectivity index (χ4n) is 8.17. The van der Waals surface area contributed by atoms with Crippen LogP contribution in [-0.4, -0.2) is 11.2 Å². The molecular weight excluding hydrogens is 364 g/mol. The quantitative estimate of drug-likeness (QED) is 0.460. The largest absolute Gasteiger partial charge is 0.393 e. The highest BCUT2D eigenvalue weighted by Gasteiger charge is 2.56. The van der Waals surface area contributed by atoms with Crippen molar-refractivity contribution in [2.75, 3.05) is 0 Å². The molecule has 1 heteroatoms. The Labute approximate surface area is 186 Å². The summed E-state index contributed by atoms with van der Waals surface area (Å²) >= 11 is 0. The predicted molar refractivity (Wildman–Crippen MR) is 128 cm³/mol.